The van der Waals surface area contributed by atoms with Gasteiger partial charge in [0.05, 0.1) is 20.8 Å². The first-order chi connectivity index (χ1) is 16.9. The minimum absolute atomic E-state index is 0.0118. The Kier molecular flexibility index (Phi) is 5.91. The van der Waals surface area contributed by atoms with Crippen molar-refractivity contribution >= 4 is 51.2 Å². The quantitative estimate of drug-likeness (QED) is 0.320. The molecule has 1 fully saturated rings. The third kappa shape index (κ3) is 4.58. The maximum absolute atomic E-state index is 12.9. The molecule has 1 aliphatic rings. The number of aromatic nitrogens is 2. The Bertz CT molecular complexity index is 1420. The second-order valence-electron chi connectivity index (χ2n) is 8.20. The van der Waals surface area contributed by atoms with Crippen LogP contribution in [0.25, 0.3) is 21.7 Å². The molecule has 0 saturated carbocycles. The standard InChI is InChI=1S/C24H22N6O4S/c1-15(31)28-8-10-29(11-9-28)20-7-4-16(13-21(20)30(33)34)24(32)25-17-5-6-18-19(14-17)27-23(26-18)22-3-2-12-35-22/h2-7,12-14H,8-11H2,1H3,(H,25,32)(H,26,27). The number of fused-ring (bicyclic) bond motifs is 1. The number of carbonyl (C=O) groups is 2. The molecule has 0 atom stereocenters. The van der Waals surface area contributed by atoms with Crippen molar-refractivity contribution in [2.45, 2.75) is 6.92 Å². The Balaban J connectivity index is 1.34. The smallest absolute Gasteiger partial charge is 0.293 e. The van der Waals surface area contributed by atoms with E-state index in [0.29, 0.717) is 37.6 Å². The van der Waals surface area contributed by atoms with E-state index in [1.54, 1.807) is 40.5 Å². The molecule has 5 rings (SSSR count). The zero-order chi connectivity index (χ0) is 24.5. The first-order valence-corrected chi connectivity index (χ1v) is 11.9. The summed E-state index contributed by atoms with van der Waals surface area (Å²) in [7, 11) is 0. The summed E-state index contributed by atoms with van der Waals surface area (Å²) in [5.41, 5.74) is 2.59. The fourth-order valence-electron chi connectivity index (χ4n) is 4.16. The monoisotopic (exact) mass is 490 g/mol. The molecule has 4 aromatic rings. The molecule has 178 valence electrons. The van der Waals surface area contributed by atoms with E-state index >= 15 is 0 Å². The molecule has 10 nitrogen and oxygen atoms in total. The Labute approximate surface area is 204 Å². The summed E-state index contributed by atoms with van der Waals surface area (Å²) >= 11 is 1.58. The second kappa shape index (κ2) is 9.18. The molecule has 2 aromatic heterocycles. The molecule has 2 amide bonds. The van der Waals surface area contributed by atoms with Crippen molar-refractivity contribution in [3.8, 4) is 10.7 Å². The molecule has 0 aliphatic carbocycles. The molecule has 1 aliphatic heterocycles. The van der Waals surface area contributed by atoms with Crippen LogP contribution in [0.5, 0.6) is 0 Å². The number of H-pyrrole nitrogens is 1. The lowest BCUT2D eigenvalue weighted by atomic mass is 10.1. The van der Waals surface area contributed by atoms with Crippen LogP contribution in [0.4, 0.5) is 17.1 Å². The normalized spacial score (nSPS) is 13.7. The number of nitrogens with one attached hydrogen (secondary N) is 2. The first-order valence-electron chi connectivity index (χ1n) is 11.0. The fourth-order valence-corrected chi connectivity index (χ4v) is 4.83. The van der Waals surface area contributed by atoms with E-state index in [-0.39, 0.29) is 17.2 Å². The minimum Gasteiger partial charge on any atom is -0.362 e. The molecule has 0 bridgehead atoms. The summed E-state index contributed by atoms with van der Waals surface area (Å²) in [4.78, 5) is 48.2. The molecule has 2 aromatic carbocycles. The lowest BCUT2D eigenvalue weighted by Crippen LogP contribution is -2.48. The van der Waals surface area contributed by atoms with E-state index in [9.17, 15) is 19.7 Å². The van der Waals surface area contributed by atoms with Crippen LogP contribution in [-0.2, 0) is 4.79 Å². The first kappa shape index (κ1) is 22.5. The second-order valence-corrected chi connectivity index (χ2v) is 9.15. The van der Waals surface area contributed by atoms with Crippen LogP contribution in [0, 0.1) is 10.1 Å². The predicted octanol–water partition coefficient (Wildman–Crippen LogP) is 4.12. The zero-order valence-corrected chi connectivity index (χ0v) is 19.7. The van der Waals surface area contributed by atoms with E-state index in [1.807, 2.05) is 28.5 Å². The molecule has 35 heavy (non-hydrogen) atoms. The van der Waals surface area contributed by atoms with Crippen LogP contribution < -0.4 is 10.2 Å². The number of nitro benzene ring substituents is 1. The molecule has 0 unspecified atom stereocenters. The minimum atomic E-state index is -0.480. The van der Waals surface area contributed by atoms with E-state index < -0.39 is 10.8 Å². The SMILES string of the molecule is CC(=O)N1CCN(c2ccc(C(=O)Nc3ccc4nc(-c5cccs5)[nH]c4c3)cc2[N+](=O)[O-])CC1. The van der Waals surface area contributed by atoms with Crippen molar-refractivity contribution in [3.63, 3.8) is 0 Å². The predicted molar refractivity (Wildman–Crippen MR) is 135 cm³/mol. The van der Waals surface area contributed by atoms with Crippen LogP contribution >= 0.6 is 11.3 Å². The van der Waals surface area contributed by atoms with Crippen LogP contribution in [0.15, 0.2) is 53.9 Å². The van der Waals surface area contributed by atoms with Crippen molar-refractivity contribution in [3.05, 3.63) is 69.6 Å². The highest BCUT2D eigenvalue weighted by atomic mass is 32.1. The average molecular weight is 491 g/mol. The van der Waals surface area contributed by atoms with E-state index in [1.165, 1.54) is 13.0 Å². The van der Waals surface area contributed by atoms with Crippen molar-refractivity contribution in [2.24, 2.45) is 0 Å². The number of amides is 2. The van der Waals surface area contributed by atoms with Crippen molar-refractivity contribution in [1.82, 2.24) is 14.9 Å². The summed E-state index contributed by atoms with van der Waals surface area (Å²) in [5.74, 6) is 0.300. The number of nitrogens with zero attached hydrogens (tertiary/aromatic N) is 4. The summed E-state index contributed by atoms with van der Waals surface area (Å²) in [6, 6.07) is 13.8. The van der Waals surface area contributed by atoms with Crippen molar-refractivity contribution < 1.29 is 14.5 Å². The highest BCUT2D eigenvalue weighted by Gasteiger charge is 2.26. The molecular weight excluding hydrogens is 468 g/mol. The van der Waals surface area contributed by atoms with Gasteiger partial charge in [-0.25, -0.2) is 4.98 Å². The highest BCUT2D eigenvalue weighted by molar-refractivity contribution is 7.13. The van der Waals surface area contributed by atoms with Crippen molar-refractivity contribution in [1.29, 1.82) is 0 Å². The summed E-state index contributed by atoms with van der Waals surface area (Å²) in [5, 5.41) is 16.6. The number of imidazole rings is 1. The summed E-state index contributed by atoms with van der Waals surface area (Å²) in [6.45, 7) is 3.49. The molecule has 2 N–H and O–H groups in total. The highest BCUT2D eigenvalue weighted by Crippen LogP contribution is 2.31. The summed E-state index contributed by atoms with van der Waals surface area (Å²) in [6.07, 6.45) is 0. The Hall–Kier alpha value is -4.25. The maximum Gasteiger partial charge on any atom is 0.293 e. The number of hydrogen-bond acceptors (Lipinski definition) is 7. The molecule has 1 saturated heterocycles. The number of anilines is 2. The Morgan fingerprint density at radius 1 is 1.11 bits per heavy atom. The zero-order valence-electron chi connectivity index (χ0n) is 18.9. The van der Waals surface area contributed by atoms with Gasteiger partial charge in [0, 0.05) is 50.4 Å². The maximum atomic E-state index is 12.9. The third-order valence-corrected chi connectivity index (χ3v) is 6.87. The average Bonchev–Trinajstić information content (AvgIpc) is 3.53. The lowest BCUT2D eigenvalue weighted by molar-refractivity contribution is -0.384. The topological polar surface area (TPSA) is 124 Å². The largest absolute Gasteiger partial charge is 0.362 e. The molecule has 0 spiro atoms. The lowest BCUT2D eigenvalue weighted by Gasteiger charge is -2.35. The number of piperazine rings is 1. The van der Waals surface area contributed by atoms with Gasteiger partial charge >= 0.3 is 0 Å². The van der Waals surface area contributed by atoms with Crippen molar-refractivity contribution in [2.75, 3.05) is 36.4 Å². The molecule has 0 radical (unpaired) electrons. The van der Waals surface area contributed by atoms with Gasteiger partial charge < -0.3 is 20.1 Å². The number of benzene rings is 2. The van der Waals surface area contributed by atoms with Crippen LogP contribution in [0.2, 0.25) is 0 Å². The van der Waals surface area contributed by atoms with Gasteiger partial charge in [-0.15, -0.1) is 11.3 Å². The number of carbonyl (C=O) groups excluding carboxylic acids is 2. The van der Waals surface area contributed by atoms with Gasteiger partial charge in [-0.3, -0.25) is 19.7 Å². The summed E-state index contributed by atoms with van der Waals surface area (Å²) < 4.78 is 0. The Morgan fingerprint density at radius 3 is 2.60 bits per heavy atom. The van der Waals surface area contributed by atoms with Gasteiger partial charge in [0.25, 0.3) is 11.6 Å². The van der Waals surface area contributed by atoms with Gasteiger partial charge in [0.1, 0.15) is 11.5 Å². The van der Waals surface area contributed by atoms with Crippen LogP contribution in [-0.4, -0.2) is 57.8 Å². The number of rotatable bonds is 5. The number of hydrogen-bond donors (Lipinski definition) is 2. The fraction of sp³-hybridized carbons (Fsp3) is 0.208. The number of thiophene rings is 1. The Morgan fingerprint density at radius 2 is 1.91 bits per heavy atom. The number of aromatic amines is 1. The van der Waals surface area contributed by atoms with Gasteiger partial charge in [0.2, 0.25) is 5.91 Å². The third-order valence-electron chi connectivity index (χ3n) is 5.99. The van der Waals surface area contributed by atoms with E-state index in [0.717, 1.165) is 21.7 Å². The van der Waals surface area contributed by atoms with Gasteiger partial charge in [0.15, 0.2) is 0 Å². The number of nitro groups is 1. The van der Waals surface area contributed by atoms with E-state index in [2.05, 4.69) is 15.3 Å². The van der Waals surface area contributed by atoms with Crippen LogP contribution in [0.3, 0.4) is 0 Å². The van der Waals surface area contributed by atoms with Gasteiger partial charge in [-0.05, 0) is 41.8 Å². The van der Waals surface area contributed by atoms with Gasteiger partial charge in [-0.2, -0.15) is 0 Å². The van der Waals surface area contributed by atoms with Crippen LogP contribution in [0.1, 0.15) is 17.3 Å². The molecule has 3 heterocycles. The molecular formula is C24H22N6O4S. The van der Waals surface area contributed by atoms with Gasteiger partial charge in [-0.1, -0.05) is 6.07 Å². The van der Waals surface area contributed by atoms with E-state index in [4.69, 9.17) is 0 Å². The molecule has 11 heteroatoms.